The van der Waals surface area contributed by atoms with Gasteiger partial charge in [-0.05, 0) is 42.3 Å². The van der Waals surface area contributed by atoms with Crippen LogP contribution in [0.2, 0.25) is 0 Å². The van der Waals surface area contributed by atoms with E-state index in [-0.39, 0.29) is 19.0 Å². The molecular weight excluding hydrogens is 432 g/mol. The molecule has 3 rings (SSSR count). The highest BCUT2D eigenvalue weighted by Gasteiger charge is 2.21. The van der Waals surface area contributed by atoms with E-state index in [1.54, 1.807) is 24.3 Å². The first-order chi connectivity index (χ1) is 16.5. The number of hydrogen-bond acceptors (Lipinski definition) is 5. The molecule has 0 saturated carbocycles. The number of carbonyl (C=O) groups excluding carboxylic acids is 3. The van der Waals surface area contributed by atoms with Gasteiger partial charge in [-0.3, -0.25) is 19.7 Å². The van der Waals surface area contributed by atoms with Crippen LogP contribution in [0.4, 0.5) is 11.4 Å². The summed E-state index contributed by atoms with van der Waals surface area (Å²) in [5.74, 6) is -0.574. The van der Waals surface area contributed by atoms with Crippen molar-refractivity contribution in [3.63, 3.8) is 0 Å². The van der Waals surface area contributed by atoms with Crippen molar-refractivity contribution in [3.8, 4) is 5.75 Å². The number of aryl methyl sites for hydroxylation is 1. The molecule has 8 nitrogen and oxygen atoms in total. The SMILES string of the molecule is COc1ccc(C)cc1NC(=O)CNC(=O)CNC(C(=O)Nc1ccccc1)c1ccccc1. The summed E-state index contributed by atoms with van der Waals surface area (Å²) in [7, 11) is 1.52. The van der Waals surface area contributed by atoms with E-state index in [4.69, 9.17) is 4.74 Å². The lowest BCUT2D eigenvalue weighted by Gasteiger charge is -2.19. The summed E-state index contributed by atoms with van der Waals surface area (Å²) in [5, 5.41) is 11.1. The fourth-order valence-electron chi connectivity index (χ4n) is 3.29. The molecule has 0 bridgehead atoms. The lowest BCUT2D eigenvalue weighted by Crippen LogP contribution is -2.42. The number of anilines is 2. The molecule has 8 heteroatoms. The van der Waals surface area contributed by atoms with Gasteiger partial charge in [0.2, 0.25) is 17.7 Å². The lowest BCUT2D eigenvalue weighted by molar-refractivity contribution is -0.124. The Hall–Kier alpha value is -4.17. The van der Waals surface area contributed by atoms with Crippen molar-refractivity contribution in [3.05, 3.63) is 90.0 Å². The molecule has 34 heavy (non-hydrogen) atoms. The van der Waals surface area contributed by atoms with E-state index in [1.807, 2.05) is 61.5 Å². The van der Waals surface area contributed by atoms with Crippen molar-refractivity contribution in [2.24, 2.45) is 0 Å². The number of methoxy groups -OCH3 is 1. The Morgan fingerprint density at radius 2 is 1.50 bits per heavy atom. The highest BCUT2D eigenvalue weighted by molar-refractivity contribution is 5.97. The van der Waals surface area contributed by atoms with Gasteiger partial charge >= 0.3 is 0 Å². The van der Waals surface area contributed by atoms with E-state index in [0.717, 1.165) is 5.56 Å². The quantitative estimate of drug-likeness (QED) is 0.372. The van der Waals surface area contributed by atoms with E-state index in [0.29, 0.717) is 22.7 Å². The summed E-state index contributed by atoms with van der Waals surface area (Å²) < 4.78 is 5.25. The lowest BCUT2D eigenvalue weighted by atomic mass is 10.1. The van der Waals surface area contributed by atoms with Crippen LogP contribution in [0.3, 0.4) is 0 Å². The average Bonchev–Trinajstić information content (AvgIpc) is 2.84. The predicted octanol–water partition coefficient (Wildman–Crippen LogP) is 3.03. The Morgan fingerprint density at radius 3 is 2.18 bits per heavy atom. The first-order valence-corrected chi connectivity index (χ1v) is 10.8. The maximum Gasteiger partial charge on any atom is 0.246 e. The van der Waals surface area contributed by atoms with Crippen LogP contribution in [0.1, 0.15) is 17.2 Å². The van der Waals surface area contributed by atoms with Gasteiger partial charge in [0.15, 0.2) is 0 Å². The zero-order chi connectivity index (χ0) is 24.3. The fraction of sp³-hybridized carbons (Fsp3) is 0.192. The van der Waals surface area contributed by atoms with E-state index in [9.17, 15) is 14.4 Å². The third-order valence-corrected chi connectivity index (χ3v) is 4.98. The molecule has 0 saturated heterocycles. The van der Waals surface area contributed by atoms with Gasteiger partial charge in [-0.1, -0.05) is 54.6 Å². The zero-order valence-corrected chi connectivity index (χ0v) is 19.1. The number of hydrogen-bond donors (Lipinski definition) is 4. The molecule has 0 fully saturated rings. The standard InChI is InChI=1S/C26H28N4O4/c1-18-13-14-22(34-2)21(15-18)30-24(32)17-27-23(31)16-28-25(19-9-5-3-6-10-19)26(33)29-20-11-7-4-8-12-20/h3-15,25,28H,16-17H2,1-2H3,(H,27,31)(H,29,33)(H,30,32). The molecule has 1 atom stereocenters. The van der Waals surface area contributed by atoms with E-state index < -0.39 is 17.9 Å². The summed E-state index contributed by atoms with van der Waals surface area (Å²) in [4.78, 5) is 37.6. The van der Waals surface area contributed by atoms with Crippen molar-refractivity contribution in [2.75, 3.05) is 30.8 Å². The fourth-order valence-corrected chi connectivity index (χ4v) is 3.29. The molecule has 3 amide bonds. The summed E-state index contributed by atoms with van der Waals surface area (Å²) >= 11 is 0. The van der Waals surface area contributed by atoms with Crippen molar-refractivity contribution in [1.29, 1.82) is 0 Å². The number of ether oxygens (including phenoxy) is 1. The highest BCUT2D eigenvalue weighted by atomic mass is 16.5. The minimum absolute atomic E-state index is 0.150. The van der Waals surface area contributed by atoms with Crippen molar-refractivity contribution < 1.29 is 19.1 Å². The van der Waals surface area contributed by atoms with Crippen molar-refractivity contribution in [1.82, 2.24) is 10.6 Å². The Labute approximate surface area is 198 Å². The third kappa shape index (κ3) is 7.18. The Kier molecular flexibility index (Phi) is 8.76. The van der Waals surface area contributed by atoms with Crippen molar-refractivity contribution in [2.45, 2.75) is 13.0 Å². The summed E-state index contributed by atoms with van der Waals surface area (Å²) in [6, 6.07) is 22.9. The number of rotatable bonds is 10. The van der Waals surface area contributed by atoms with Gasteiger partial charge in [0.05, 0.1) is 25.9 Å². The molecular formula is C26H28N4O4. The Balaban J connectivity index is 1.55. The molecule has 0 aliphatic rings. The Morgan fingerprint density at radius 1 is 0.824 bits per heavy atom. The number of benzene rings is 3. The maximum absolute atomic E-state index is 12.9. The number of carbonyl (C=O) groups is 3. The van der Waals surface area contributed by atoms with Gasteiger partial charge < -0.3 is 20.7 Å². The zero-order valence-electron chi connectivity index (χ0n) is 19.1. The van der Waals surface area contributed by atoms with Crippen LogP contribution in [0.5, 0.6) is 5.75 Å². The van der Waals surface area contributed by atoms with E-state index in [1.165, 1.54) is 7.11 Å². The molecule has 4 N–H and O–H groups in total. The van der Waals surface area contributed by atoms with Gasteiger partial charge in [-0.15, -0.1) is 0 Å². The third-order valence-electron chi connectivity index (χ3n) is 4.98. The van der Waals surface area contributed by atoms with Crippen LogP contribution >= 0.6 is 0 Å². The molecule has 3 aromatic carbocycles. The molecule has 176 valence electrons. The highest BCUT2D eigenvalue weighted by Crippen LogP contribution is 2.25. The first-order valence-electron chi connectivity index (χ1n) is 10.8. The Bertz CT molecular complexity index is 1120. The van der Waals surface area contributed by atoms with Crippen LogP contribution in [-0.2, 0) is 14.4 Å². The summed E-state index contributed by atoms with van der Waals surface area (Å²) in [6.07, 6.45) is 0. The summed E-state index contributed by atoms with van der Waals surface area (Å²) in [5.41, 5.74) is 2.86. The second-order valence-corrected chi connectivity index (χ2v) is 7.61. The molecule has 0 heterocycles. The molecule has 0 spiro atoms. The molecule has 0 aliphatic carbocycles. The minimum atomic E-state index is -0.752. The minimum Gasteiger partial charge on any atom is -0.495 e. The van der Waals surface area contributed by atoms with Crippen LogP contribution in [0.25, 0.3) is 0 Å². The van der Waals surface area contributed by atoms with Gasteiger partial charge in [0, 0.05) is 5.69 Å². The van der Waals surface area contributed by atoms with Gasteiger partial charge in [-0.2, -0.15) is 0 Å². The number of para-hydroxylation sites is 1. The molecule has 0 aromatic heterocycles. The first kappa shape index (κ1) is 24.5. The normalized spacial score (nSPS) is 11.2. The molecule has 0 radical (unpaired) electrons. The average molecular weight is 461 g/mol. The molecule has 3 aromatic rings. The van der Waals surface area contributed by atoms with Gasteiger partial charge in [0.1, 0.15) is 11.8 Å². The second-order valence-electron chi connectivity index (χ2n) is 7.61. The second kappa shape index (κ2) is 12.2. The van der Waals surface area contributed by atoms with Crippen molar-refractivity contribution >= 4 is 29.1 Å². The van der Waals surface area contributed by atoms with Crippen LogP contribution < -0.4 is 26.0 Å². The molecule has 0 aliphatic heterocycles. The van der Waals surface area contributed by atoms with Crippen LogP contribution in [-0.4, -0.2) is 37.9 Å². The van der Waals surface area contributed by atoms with Crippen LogP contribution in [0.15, 0.2) is 78.9 Å². The number of amides is 3. The monoisotopic (exact) mass is 460 g/mol. The summed E-state index contributed by atoms with van der Waals surface area (Å²) in [6.45, 7) is 1.53. The number of nitrogens with one attached hydrogen (secondary N) is 4. The van der Waals surface area contributed by atoms with Gasteiger partial charge in [-0.25, -0.2) is 0 Å². The largest absolute Gasteiger partial charge is 0.495 e. The van der Waals surface area contributed by atoms with Crippen LogP contribution in [0, 0.1) is 6.92 Å². The smallest absolute Gasteiger partial charge is 0.246 e. The van der Waals surface area contributed by atoms with E-state index in [2.05, 4.69) is 21.3 Å². The topological polar surface area (TPSA) is 109 Å². The predicted molar refractivity (Wildman–Crippen MR) is 132 cm³/mol. The molecule has 1 unspecified atom stereocenters. The van der Waals surface area contributed by atoms with E-state index >= 15 is 0 Å². The maximum atomic E-state index is 12.9. The van der Waals surface area contributed by atoms with Gasteiger partial charge in [0.25, 0.3) is 0 Å².